The molecule has 0 unspecified atom stereocenters. The number of rotatable bonds is 5. The second kappa shape index (κ2) is 7.99. The molecule has 2 atom stereocenters. The maximum atomic E-state index is 11.4. The lowest BCUT2D eigenvalue weighted by Gasteiger charge is -2.51. The molecule has 5 nitrogen and oxygen atoms in total. The zero-order valence-corrected chi connectivity index (χ0v) is 16.4. The van der Waals surface area contributed by atoms with Crippen LogP contribution in [0.15, 0.2) is 12.4 Å². The molecule has 1 aromatic heterocycles. The zero-order chi connectivity index (χ0) is 18.0. The van der Waals surface area contributed by atoms with Crippen molar-refractivity contribution in [3.05, 3.63) is 18.2 Å². The summed E-state index contributed by atoms with van der Waals surface area (Å²) < 4.78 is 2.27. The maximum Gasteiger partial charge on any atom is 0.105 e. The van der Waals surface area contributed by atoms with E-state index in [1.54, 1.807) is 0 Å². The predicted octanol–water partition coefficient (Wildman–Crippen LogP) is 2.67. The number of aliphatic hydroxyl groups is 1. The highest BCUT2D eigenvalue weighted by Gasteiger charge is 2.45. The first-order valence-corrected chi connectivity index (χ1v) is 10.8. The first-order chi connectivity index (χ1) is 12.6. The topological polar surface area (TPSA) is 44.5 Å². The SMILES string of the molecule is Cc1nccn1CCC1CCN(C[C@]2(O)CCCN3CCCC[C@@H]32)CC1. The molecule has 0 radical (unpaired) electrons. The van der Waals surface area contributed by atoms with Crippen molar-refractivity contribution in [1.82, 2.24) is 19.4 Å². The van der Waals surface area contributed by atoms with Gasteiger partial charge in [0.15, 0.2) is 0 Å². The van der Waals surface area contributed by atoms with E-state index in [0.29, 0.717) is 6.04 Å². The standard InChI is InChI=1S/C21H36N4O/c1-18-22-10-16-24(18)15-8-19-6-13-23(14-7-19)17-21(26)9-4-12-25-11-3-2-5-20(21)25/h10,16,19-20,26H,2-9,11-15,17H2,1H3/t20-,21-/m1/s1. The van der Waals surface area contributed by atoms with Crippen molar-refractivity contribution in [2.75, 3.05) is 32.7 Å². The molecule has 3 fully saturated rings. The number of piperidine rings is 3. The summed E-state index contributed by atoms with van der Waals surface area (Å²) in [6.07, 6.45) is 13.8. The smallest absolute Gasteiger partial charge is 0.105 e. The minimum Gasteiger partial charge on any atom is -0.387 e. The number of likely N-dealkylation sites (tertiary alicyclic amines) is 1. The Labute approximate surface area is 158 Å². The van der Waals surface area contributed by atoms with E-state index in [1.165, 1.54) is 51.6 Å². The van der Waals surface area contributed by atoms with E-state index in [2.05, 4.69) is 32.5 Å². The Hall–Kier alpha value is -0.910. The van der Waals surface area contributed by atoms with Crippen molar-refractivity contribution in [3.8, 4) is 0 Å². The van der Waals surface area contributed by atoms with Gasteiger partial charge >= 0.3 is 0 Å². The Bertz CT molecular complexity index is 578. The summed E-state index contributed by atoms with van der Waals surface area (Å²) in [5.41, 5.74) is -0.473. The van der Waals surface area contributed by atoms with Gasteiger partial charge in [-0.05, 0) is 84.0 Å². The molecule has 3 saturated heterocycles. The van der Waals surface area contributed by atoms with Crippen LogP contribution in [0, 0.1) is 12.8 Å². The summed E-state index contributed by atoms with van der Waals surface area (Å²) in [7, 11) is 0. The quantitative estimate of drug-likeness (QED) is 0.877. The third-order valence-electron chi connectivity index (χ3n) is 7.20. The van der Waals surface area contributed by atoms with E-state index in [-0.39, 0.29) is 0 Å². The highest BCUT2D eigenvalue weighted by molar-refractivity contribution is 5.00. The van der Waals surface area contributed by atoms with Crippen LogP contribution in [0.3, 0.4) is 0 Å². The maximum absolute atomic E-state index is 11.4. The Balaban J connectivity index is 1.26. The van der Waals surface area contributed by atoms with Crippen molar-refractivity contribution in [2.24, 2.45) is 5.92 Å². The minimum absolute atomic E-state index is 0.409. The Morgan fingerprint density at radius 3 is 2.69 bits per heavy atom. The lowest BCUT2D eigenvalue weighted by Crippen LogP contribution is -2.63. The molecule has 4 heterocycles. The largest absolute Gasteiger partial charge is 0.387 e. The van der Waals surface area contributed by atoms with E-state index in [4.69, 9.17) is 0 Å². The van der Waals surface area contributed by atoms with E-state index < -0.39 is 5.60 Å². The van der Waals surface area contributed by atoms with Gasteiger partial charge < -0.3 is 14.6 Å². The summed E-state index contributed by atoms with van der Waals surface area (Å²) in [5.74, 6) is 1.94. The van der Waals surface area contributed by atoms with E-state index in [9.17, 15) is 5.11 Å². The molecule has 0 spiro atoms. The number of fused-ring (bicyclic) bond motifs is 1. The van der Waals surface area contributed by atoms with Crippen LogP contribution in [0.25, 0.3) is 0 Å². The van der Waals surface area contributed by atoms with Crippen molar-refractivity contribution in [2.45, 2.75) is 76.5 Å². The number of aromatic nitrogens is 2. The summed E-state index contributed by atoms with van der Waals surface area (Å²) in [6.45, 7) is 8.78. The molecule has 3 aliphatic heterocycles. The molecule has 0 aromatic carbocycles. The van der Waals surface area contributed by atoms with Gasteiger partial charge in [-0.3, -0.25) is 4.90 Å². The normalized spacial score (nSPS) is 31.8. The first-order valence-electron chi connectivity index (χ1n) is 10.8. The highest BCUT2D eigenvalue weighted by atomic mass is 16.3. The number of hydrogen-bond acceptors (Lipinski definition) is 4. The predicted molar refractivity (Wildman–Crippen MR) is 104 cm³/mol. The number of β-amino-alcohol motifs (C(OH)–C–C–N with tert-alkyl or cyclic N) is 1. The molecule has 1 aromatic rings. The van der Waals surface area contributed by atoms with Gasteiger partial charge in [0.1, 0.15) is 5.82 Å². The van der Waals surface area contributed by atoms with Gasteiger partial charge in [-0.2, -0.15) is 0 Å². The number of nitrogens with zero attached hydrogens (tertiary/aromatic N) is 4. The van der Waals surface area contributed by atoms with Crippen LogP contribution in [0.2, 0.25) is 0 Å². The van der Waals surface area contributed by atoms with Gasteiger partial charge in [-0.15, -0.1) is 0 Å². The van der Waals surface area contributed by atoms with Gasteiger partial charge in [0.05, 0.1) is 5.60 Å². The van der Waals surface area contributed by atoms with Crippen molar-refractivity contribution in [1.29, 1.82) is 0 Å². The van der Waals surface area contributed by atoms with Crippen LogP contribution >= 0.6 is 0 Å². The van der Waals surface area contributed by atoms with Gasteiger partial charge in [-0.1, -0.05) is 6.42 Å². The summed E-state index contributed by atoms with van der Waals surface area (Å²) in [5, 5.41) is 11.4. The molecule has 0 bridgehead atoms. The van der Waals surface area contributed by atoms with Crippen LogP contribution < -0.4 is 0 Å². The lowest BCUT2D eigenvalue weighted by molar-refractivity contribution is -0.111. The molecule has 146 valence electrons. The van der Waals surface area contributed by atoms with Gasteiger partial charge in [-0.25, -0.2) is 4.98 Å². The molecule has 26 heavy (non-hydrogen) atoms. The average molecular weight is 361 g/mol. The Kier molecular flexibility index (Phi) is 5.67. The molecule has 1 N–H and O–H groups in total. The zero-order valence-electron chi connectivity index (χ0n) is 16.4. The van der Waals surface area contributed by atoms with Crippen molar-refractivity contribution >= 4 is 0 Å². The average Bonchev–Trinajstić information content (AvgIpc) is 3.06. The summed E-state index contributed by atoms with van der Waals surface area (Å²) >= 11 is 0. The molecule has 4 rings (SSSR count). The molecule has 0 amide bonds. The molecule has 3 aliphatic rings. The Morgan fingerprint density at radius 2 is 1.92 bits per heavy atom. The first kappa shape index (κ1) is 18.5. The fraction of sp³-hybridized carbons (Fsp3) is 0.857. The molecule has 5 heteroatoms. The van der Waals surface area contributed by atoms with E-state index in [0.717, 1.165) is 50.8 Å². The number of imidazole rings is 1. The van der Waals surface area contributed by atoms with Crippen LogP contribution in [0.1, 0.15) is 57.2 Å². The highest BCUT2D eigenvalue weighted by Crippen LogP contribution is 2.35. The number of aryl methyl sites for hydroxylation is 2. The summed E-state index contributed by atoms with van der Waals surface area (Å²) in [6, 6.07) is 0.409. The monoisotopic (exact) mass is 360 g/mol. The van der Waals surface area contributed by atoms with Crippen molar-refractivity contribution in [3.63, 3.8) is 0 Å². The van der Waals surface area contributed by atoms with E-state index >= 15 is 0 Å². The van der Waals surface area contributed by atoms with Gasteiger partial charge in [0, 0.05) is 31.5 Å². The molecular weight excluding hydrogens is 324 g/mol. The van der Waals surface area contributed by atoms with Crippen LogP contribution in [0.4, 0.5) is 0 Å². The third-order valence-corrected chi connectivity index (χ3v) is 7.20. The molecular formula is C21H36N4O. The molecule has 0 saturated carbocycles. The minimum atomic E-state index is -0.473. The fourth-order valence-corrected chi connectivity index (χ4v) is 5.59. The van der Waals surface area contributed by atoms with Gasteiger partial charge in [0.2, 0.25) is 0 Å². The van der Waals surface area contributed by atoms with E-state index in [1.807, 2.05) is 6.20 Å². The van der Waals surface area contributed by atoms with Gasteiger partial charge in [0.25, 0.3) is 0 Å². The molecule has 0 aliphatic carbocycles. The number of hydrogen-bond donors (Lipinski definition) is 1. The Morgan fingerprint density at radius 1 is 1.12 bits per heavy atom. The van der Waals surface area contributed by atoms with Crippen molar-refractivity contribution < 1.29 is 5.11 Å². The summed E-state index contributed by atoms with van der Waals surface area (Å²) in [4.78, 5) is 9.45. The lowest BCUT2D eigenvalue weighted by atomic mass is 9.79. The van der Waals surface area contributed by atoms with Crippen LogP contribution in [0.5, 0.6) is 0 Å². The fourth-order valence-electron chi connectivity index (χ4n) is 5.59. The third kappa shape index (κ3) is 4.00. The second-order valence-corrected chi connectivity index (χ2v) is 8.93. The van der Waals surface area contributed by atoms with Crippen LogP contribution in [-0.2, 0) is 6.54 Å². The second-order valence-electron chi connectivity index (χ2n) is 8.93. The van der Waals surface area contributed by atoms with Crippen LogP contribution in [-0.4, -0.2) is 68.8 Å².